The molecule has 1 N–H and O–H groups in total. The summed E-state index contributed by atoms with van der Waals surface area (Å²) in [6.07, 6.45) is 2.29. The van der Waals surface area contributed by atoms with Crippen molar-refractivity contribution in [1.29, 1.82) is 0 Å². The van der Waals surface area contributed by atoms with Gasteiger partial charge in [0.25, 0.3) is 5.91 Å². The van der Waals surface area contributed by atoms with Gasteiger partial charge in [-0.05, 0) is 30.2 Å². The number of methoxy groups -OCH3 is 1. The Morgan fingerprint density at radius 2 is 2.09 bits per heavy atom. The average molecular weight is 325 g/mol. The van der Waals surface area contributed by atoms with E-state index in [2.05, 4.69) is 4.98 Å². The number of amides is 1. The van der Waals surface area contributed by atoms with Crippen molar-refractivity contribution >= 4 is 17.5 Å². The van der Waals surface area contributed by atoms with Crippen LogP contribution in [0.3, 0.4) is 0 Å². The smallest absolute Gasteiger partial charge is 0.270 e. The molecule has 0 bridgehead atoms. The Hall–Kier alpha value is -1.85. The van der Waals surface area contributed by atoms with Crippen LogP contribution in [-0.4, -0.2) is 36.1 Å². The molecule has 0 aliphatic rings. The number of H-pyrrole nitrogens is 1. The number of rotatable bonds is 7. The molecule has 1 aromatic carbocycles. The van der Waals surface area contributed by atoms with Crippen molar-refractivity contribution in [2.75, 3.05) is 20.3 Å². The minimum Gasteiger partial charge on any atom is -0.385 e. The topological polar surface area (TPSA) is 45.3 Å². The summed E-state index contributed by atoms with van der Waals surface area (Å²) in [4.78, 5) is 17.1. The largest absolute Gasteiger partial charge is 0.385 e. The number of aromatic nitrogens is 1. The molecular formula is C16H18ClFN2O2. The number of halogens is 2. The molecule has 4 nitrogen and oxygen atoms in total. The number of carbonyl (C=O) groups excluding carboxylic acids is 1. The van der Waals surface area contributed by atoms with Gasteiger partial charge in [0.1, 0.15) is 11.5 Å². The predicted octanol–water partition coefficient (Wildman–Crippen LogP) is 3.49. The van der Waals surface area contributed by atoms with Crippen LogP contribution in [0.25, 0.3) is 0 Å². The van der Waals surface area contributed by atoms with E-state index in [1.165, 1.54) is 12.1 Å². The van der Waals surface area contributed by atoms with E-state index < -0.39 is 0 Å². The molecule has 0 radical (unpaired) electrons. The lowest BCUT2D eigenvalue weighted by Gasteiger charge is -2.22. The molecule has 0 aliphatic carbocycles. The summed E-state index contributed by atoms with van der Waals surface area (Å²) < 4.78 is 18.0. The summed E-state index contributed by atoms with van der Waals surface area (Å²) in [7, 11) is 1.62. The number of nitrogens with one attached hydrogen (secondary N) is 1. The lowest BCUT2D eigenvalue weighted by Crippen LogP contribution is -2.32. The van der Waals surface area contributed by atoms with Crippen LogP contribution in [0.5, 0.6) is 0 Å². The van der Waals surface area contributed by atoms with Gasteiger partial charge in [-0.1, -0.05) is 23.7 Å². The van der Waals surface area contributed by atoms with Crippen LogP contribution in [0, 0.1) is 5.82 Å². The molecule has 1 heterocycles. The minimum atomic E-state index is -0.294. The van der Waals surface area contributed by atoms with E-state index >= 15 is 0 Å². The van der Waals surface area contributed by atoms with Crippen molar-refractivity contribution in [3.05, 3.63) is 58.6 Å². The van der Waals surface area contributed by atoms with Crippen molar-refractivity contribution in [3.63, 3.8) is 0 Å². The van der Waals surface area contributed by atoms with E-state index in [-0.39, 0.29) is 11.7 Å². The molecule has 118 valence electrons. The number of hydrogen-bond acceptors (Lipinski definition) is 2. The molecule has 1 amide bonds. The number of carbonyl (C=O) groups is 1. The molecule has 1 aromatic heterocycles. The van der Waals surface area contributed by atoms with Crippen molar-refractivity contribution in [1.82, 2.24) is 9.88 Å². The van der Waals surface area contributed by atoms with Crippen LogP contribution in [0.15, 0.2) is 36.5 Å². The molecule has 0 atom stereocenters. The van der Waals surface area contributed by atoms with Gasteiger partial charge in [0.2, 0.25) is 0 Å². The number of ether oxygens (including phenoxy) is 1. The van der Waals surface area contributed by atoms with Gasteiger partial charge in [-0.2, -0.15) is 0 Å². The number of nitrogens with zero attached hydrogens (tertiary/aromatic N) is 1. The Morgan fingerprint density at radius 3 is 2.68 bits per heavy atom. The highest BCUT2D eigenvalue weighted by molar-refractivity contribution is 6.30. The molecule has 0 saturated heterocycles. The quantitative estimate of drug-likeness (QED) is 0.792. The van der Waals surface area contributed by atoms with E-state index in [9.17, 15) is 9.18 Å². The third kappa shape index (κ3) is 4.58. The summed E-state index contributed by atoms with van der Waals surface area (Å²) in [5.41, 5.74) is 1.30. The van der Waals surface area contributed by atoms with Crippen LogP contribution < -0.4 is 0 Å². The fraction of sp³-hybridized carbons (Fsp3) is 0.312. The summed E-state index contributed by atoms with van der Waals surface area (Å²) in [6.45, 7) is 1.51. The Balaban J connectivity index is 2.10. The van der Waals surface area contributed by atoms with E-state index in [1.54, 1.807) is 36.4 Å². The Labute approximate surface area is 133 Å². The van der Waals surface area contributed by atoms with Gasteiger partial charge >= 0.3 is 0 Å². The third-order valence-corrected chi connectivity index (χ3v) is 3.45. The maximum atomic E-state index is 13.0. The molecule has 0 spiro atoms. The van der Waals surface area contributed by atoms with Crippen molar-refractivity contribution in [3.8, 4) is 0 Å². The predicted molar refractivity (Wildman–Crippen MR) is 83.4 cm³/mol. The molecule has 0 unspecified atom stereocenters. The lowest BCUT2D eigenvalue weighted by atomic mass is 10.2. The summed E-state index contributed by atoms with van der Waals surface area (Å²) in [5, 5.41) is 0.488. The summed E-state index contributed by atoms with van der Waals surface area (Å²) in [5.74, 6) is -0.440. The van der Waals surface area contributed by atoms with Crippen molar-refractivity contribution < 1.29 is 13.9 Å². The first kappa shape index (κ1) is 16.5. The van der Waals surface area contributed by atoms with Crippen LogP contribution in [0.2, 0.25) is 5.02 Å². The molecule has 6 heteroatoms. The molecule has 0 fully saturated rings. The fourth-order valence-electron chi connectivity index (χ4n) is 2.12. The second-order valence-electron chi connectivity index (χ2n) is 4.93. The van der Waals surface area contributed by atoms with Crippen LogP contribution in [0.4, 0.5) is 4.39 Å². The zero-order valence-corrected chi connectivity index (χ0v) is 13.1. The van der Waals surface area contributed by atoms with E-state index in [0.717, 1.165) is 12.0 Å². The van der Waals surface area contributed by atoms with Gasteiger partial charge in [-0.15, -0.1) is 0 Å². The summed E-state index contributed by atoms with van der Waals surface area (Å²) >= 11 is 5.85. The molecular weight excluding hydrogens is 307 g/mol. The second-order valence-corrected chi connectivity index (χ2v) is 5.37. The monoisotopic (exact) mass is 324 g/mol. The van der Waals surface area contributed by atoms with Gasteiger partial charge in [-0.25, -0.2) is 4.39 Å². The lowest BCUT2D eigenvalue weighted by molar-refractivity contribution is 0.0718. The highest BCUT2D eigenvalue weighted by Crippen LogP contribution is 2.14. The highest BCUT2D eigenvalue weighted by atomic mass is 35.5. The van der Waals surface area contributed by atoms with E-state index in [1.807, 2.05) is 0 Å². The maximum absolute atomic E-state index is 13.0. The van der Waals surface area contributed by atoms with Gasteiger partial charge < -0.3 is 14.6 Å². The molecule has 0 aliphatic heterocycles. The fourth-order valence-corrected chi connectivity index (χ4v) is 2.29. The number of benzene rings is 1. The first-order chi connectivity index (χ1) is 10.6. The van der Waals surface area contributed by atoms with Gasteiger partial charge in [0.15, 0.2) is 0 Å². The van der Waals surface area contributed by atoms with Crippen molar-refractivity contribution in [2.45, 2.75) is 13.0 Å². The van der Waals surface area contributed by atoms with Gasteiger partial charge in [0, 0.05) is 33.0 Å². The third-order valence-electron chi connectivity index (χ3n) is 3.23. The Morgan fingerprint density at radius 1 is 1.36 bits per heavy atom. The first-order valence-electron chi connectivity index (χ1n) is 6.96. The second kappa shape index (κ2) is 7.96. The normalized spacial score (nSPS) is 10.7. The molecule has 2 aromatic rings. The summed E-state index contributed by atoms with van der Waals surface area (Å²) in [6, 6.07) is 7.72. The molecule has 22 heavy (non-hydrogen) atoms. The SMILES string of the molecule is COCCCN(Cc1ccc(F)cc1)C(=O)c1cc(Cl)c[nH]1. The van der Waals surface area contributed by atoms with E-state index in [0.29, 0.717) is 30.4 Å². The zero-order chi connectivity index (χ0) is 15.9. The molecule has 0 saturated carbocycles. The first-order valence-corrected chi connectivity index (χ1v) is 7.34. The minimum absolute atomic E-state index is 0.146. The van der Waals surface area contributed by atoms with Crippen LogP contribution in [0.1, 0.15) is 22.5 Å². The zero-order valence-electron chi connectivity index (χ0n) is 12.3. The van der Waals surface area contributed by atoms with Crippen molar-refractivity contribution in [2.24, 2.45) is 0 Å². The number of aromatic amines is 1. The highest BCUT2D eigenvalue weighted by Gasteiger charge is 2.17. The average Bonchev–Trinajstić information content (AvgIpc) is 2.94. The Kier molecular flexibility index (Phi) is 5.98. The standard InChI is InChI=1S/C16H18ClFN2O2/c1-22-8-2-7-20(11-12-3-5-14(18)6-4-12)16(21)15-9-13(17)10-19-15/h3-6,9-10,19H,2,7-8,11H2,1H3. The Bertz CT molecular complexity index is 613. The van der Waals surface area contributed by atoms with Gasteiger partial charge in [-0.3, -0.25) is 4.79 Å². The van der Waals surface area contributed by atoms with Crippen LogP contribution in [-0.2, 0) is 11.3 Å². The molecule has 2 rings (SSSR count). The van der Waals surface area contributed by atoms with E-state index in [4.69, 9.17) is 16.3 Å². The van der Waals surface area contributed by atoms with Crippen LogP contribution >= 0.6 is 11.6 Å². The number of hydrogen-bond donors (Lipinski definition) is 1. The van der Waals surface area contributed by atoms with Gasteiger partial charge in [0.05, 0.1) is 5.02 Å². The maximum Gasteiger partial charge on any atom is 0.270 e.